The van der Waals surface area contributed by atoms with Crippen LogP contribution in [0.5, 0.6) is 0 Å². The van der Waals surface area contributed by atoms with Crippen LogP contribution in [0, 0.1) is 5.92 Å². The largest absolute Gasteiger partial charge is 0.490 e. The van der Waals surface area contributed by atoms with E-state index < -0.39 is 24.3 Å². The molecule has 1 unspecified atom stereocenters. The van der Waals surface area contributed by atoms with Crippen LogP contribution in [0.25, 0.3) is 0 Å². The van der Waals surface area contributed by atoms with Gasteiger partial charge in [0.25, 0.3) is 0 Å². The third-order valence-corrected chi connectivity index (χ3v) is 5.66. The Kier molecular flexibility index (Phi) is 12.1. The maximum absolute atomic E-state index is 10.6. The molecule has 2 N–H and O–H groups in total. The fourth-order valence-electron chi connectivity index (χ4n) is 3.82. The number of halogens is 6. The van der Waals surface area contributed by atoms with Crippen molar-refractivity contribution in [1.82, 2.24) is 19.4 Å². The van der Waals surface area contributed by atoms with Crippen LogP contribution in [-0.2, 0) is 32.2 Å². The van der Waals surface area contributed by atoms with Gasteiger partial charge in [-0.05, 0) is 36.5 Å². The van der Waals surface area contributed by atoms with Gasteiger partial charge in [-0.2, -0.15) is 26.3 Å². The Hall–Kier alpha value is -3.24. The van der Waals surface area contributed by atoms with Crippen molar-refractivity contribution in [3.05, 3.63) is 48.3 Å². The first kappa shape index (κ1) is 32.0. The highest BCUT2D eigenvalue weighted by Crippen LogP contribution is 2.25. The number of pyridine rings is 1. The predicted octanol–water partition coefficient (Wildman–Crippen LogP) is 3.54. The highest BCUT2D eigenvalue weighted by molar-refractivity contribution is 5.73. The molecule has 0 aromatic carbocycles. The molecule has 2 aromatic rings. The molecule has 1 saturated heterocycles. The summed E-state index contributed by atoms with van der Waals surface area (Å²) in [4.78, 5) is 28.8. The van der Waals surface area contributed by atoms with Crippen LogP contribution in [0.2, 0.25) is 0 Å². The number of fused-ring (bicyclic) bond motifs is 1. The van der Waals surface area contributed by atoms with Crippen LogP contribution < -0.4 is 0 Å². The Morgan fingerprint density at radius 2 is 1.56 bits per heavy atom. The standard InChI is InChI=1S/C19H26N4O2.2C2HF3O2/c1-5-20-6-2-17(1)13-25-14-19-12-22(10-16-3-7-24-8-4-16)11-18-9-21-15-23(18)19;2*3-2(4,5)1(6)7/h1-2,5-6,9,15-16,19H,3-4,7-8,10-14H2;2*(H,6,7). The first-order valence-electron chi connectivity index (χ1n) is 11.6. The fraction of sp³-hybridized carbons (Fsp3) is 0.565. The summed E-state index contributed by atoms with van der Waals surface area (Å²) >= 11 is 0. The zero-order valence-electron chi connectivity index (χ0n) is 20.6. The molecule has 39 heavy (non-hydrogen) atoms. The van der Waals surface area contributed by atoms with Gasteiger partial charge < -0.3 is 24.3 Å². The molecule has 2 aliphatic rings. The Labute approximate surface area is 219 Å². The molecule has 218 valence electrons. The molecule has 0 amide bonds. The lowest BCUT2D eigenvalue weighted by atomic mass is 9.99. The molecule has 1 atom stereocenters. The summed E-state index contributed by atoms with van der Waals surface area (Å²) in [6.45, 7) is 6.31. The van der Waals surface area contributed by atoms with Gasteiger partial charge >= 0.3 is 24.3 Å². The minimum absolute atomic E-state index is 0.327. The Morgan fingerprint density at radius 3 is 2.10 bits per heavy atom. The number of carbonyl (C=O) groups is 2. The van der Waals surface area contributed by atoms with Crippen molar-refractivity contribution in [3.63, 3.8) is 0 Å². The van der Waals surface area contributed by atoms with Crippen LogP contribution in [-0.4, -0.2) is 86.8 Å². The number of ether oxygens (including phenoxy) is 2. The molecule has 2 aromatic heterocycles. The zero-order chi connectivity index (χ0) is 29.1. The lowest BCUT2D eigenvalue weighted by Gasteiger charge is -2.37. The van der Waals surface area contributed by atoms with E-state index in [1.165, 1.54) is 18.5 Å². The summed E-state index contributed by atoms with van der Waals surface area (Å²) in [6.07, 6.45) is -0.253. The number of imidazole rings is 1. The Balaban J connectivity index is 0.000000317. The SMILES string of the molecule is O=C(O)C(F)(F)F.O=C(O)C(F)(F)F.c1cc(COCC2CN(CC3CCOCC3)Cc3cncn32)ccn1. The first-order valence-corrected chi connectivity index (χ1v) is 11.6. The minimum atomic E-state index is -5.08. The van der Waals surface area contributed by atoms with E-state index >= 15 is 0 Å². The molecule has 0 radical (unpaired) electrons. The second-order valence-electron chi connectivity index (χ2n) is 8.67. The third-order valence-electron chi connectivity index (χ3n) is 5.66. The van der Waals surface area contributed by atoms with Crippen molar-refractivity contribution >= 4 is 11.9 Å². The minimum Gasteiger partial charge on any atom is -0.475 e. The van der Waals surface area contributed by atoms with Gasteiger partial charge in [0.2, 0.25) is 0 Å². The number of rotatable bonds is 6. The normalized spacial score (nSPS) is 18.2. The summed E-state index contributed by atoms with van der Waals surface area (Å²) in [5, 5.41) is 14.2. The average Bonchev–Trinajstić information content (AvgIpc) is 3.34. The molecule has 0 spiro atoms. The summed E-state index contributed by atoms with van der Waals surface area (Å²) in [5.41, 5.74) is 2.45. The van der Waals surface area contributed by atoms with Crippen molar-refractivity contribution < 1.29 is 55.6 Å². The molecule has 4 heterocycles. The Bertz CT molecular complexity index is 1000. The third kappa shape index (κ3) is 11.6. The number of alkyl halides is 6. The molecular formula is C23H28F6N4O6. The molecule has 0 saturated carbocycles. The predicted molar refractivity (Wildman–Crippen MR) is 121 cm³/mol. The van der Waals surface area contributed by atoms with Gasteiger partial charge in [0.15, 0.2) is 0 Å². The van der Waals surface area contributed by atoms with E-state index in [0.717, 1.165) is 44.3 Å². The van der Waals surface area contributed by atoms with Crippen LogP contribution >= 0.6 is 0 Å². The zero-order valence-corrected chi connectivity index (χ0v) is 20.6. The number of nitrogens with zero attached hydrogens (tertiary/aromatic N) is 4. The summed E-state index contributed by atoms with van der Waals surface area (Å²) in [6, 6.07) is 4.33. The number of aromatic nitrogens is 3. The van der Waals surface area contributed by atoms with Crippen molar-refractivity contribution in [2.75, 3.05) is 32.9 Å². The number of hydrogen-bond donors (Lipinski definition) is 2. The second-order valence-corrected chi connectivity index (χ2v) is 8.67. The van der Waals surface area contributed by atoms with E-state index in [-0.39, 0.29) is 0 Å². The van der Waals surface area contributed by atoms with E-state index in [1.807, 2.05) is 37.1 Å². The van der Waals surface area contributed by atoms with Gasteiger partial charge in [-0.3, -0.25) is 9.88 Å². The highest BCUT2D eigenvalue weighted by atomic mass is 19.4. The molecule has 10 nitrogen and oxygen atoms in total. The quantitative estimate of drug-likeness (QED) is 0.502. The molecule has 0 bridgehead atoms. The first-order chi connectivity index (χ1) is 18.3. The molecule has 1 fully saturated rings. The fourth-order valence-corrected chi connectivity index (χ4v) is 3.82. The summed E-state index contributed by atoms with van der Waals surface area (Å²) in [5.74, 6) is -4.76. The number of hydrogen-bond acceptors (Lipinski definition) is 7. The van der Waals surface area contributed by atoms with E-state index in [4.69, 9.17) is 29.3 Å². The summed E-state index contributed by atoms with van der Waals surface area (Å²) < 4.78 is 77.2. The monoisotopic (exact) mass is 570 g/mol. The van der Waals surface area contributed by atoms with Gasteiger partial charge in [0, 0.05) is 51.4 Å². The van der Waals surface area contributed by atoms with Gasteiger partial charge in [0.1, 0.15) is 0 Å². The van der Waals surface area contributed by atoms with Crippen LogP contribution in [0.15, 0.2) is 37.1 Å². The topological polar surface area (TPSA) is 127 Å². The number of carboxylic acids is 2. The molecular weight excluding hydrogens is 542 g/mol. The Morgan fingerprint density at radius 1 is 1.00 bits per heavy atom. The van der Waals surface area contributed by atoms with Crippen molar-refractivity contribution in [2.45, 2.75) is 44.4 Å². The lowest BCUT2D eigenvalue weighted by molar-refractivity contribution is -0.193. The number of aliphatic carboxylic acids is 2. The van der Waals surface area contributed by atoms with Crippen molar-refractivity contribution in [2.24, 2.45) is 5.92 Å². The maximum atomic E-state index is 10.6. The maximum Gasteiger partial charge on any atom is 0.490 e. The lowest BCUT2D eigenvalue weighted by Crippen LogP contribution is -2.41. The summed E-state index contributed by atoms with van der Waals surface area (Å²) in [7, 11) is 0. The molecule has 2 aliphatic heterocycles. The molecule has 0 aliphatic carbocycles. The average molecular weight is 570 g/mol. The van der Waals surface area contributed by atoms with Gasteiger partial charge in [0.05, 0.1) is 31.3 Å². The molecule has 16 heteroatoms. The number of carboxylic acid groups (broad SMARTS) is 2. The van der Waals surface area contributed by atoms with Crippen LogP contribution in [0.1, 0.15) is 30.1 Å². The van der Waals surface area contributed by atoms with Crippen LogP contribution in [0.4, 0.5) is 26.3 Å². The van der Waals surface area contributed by atoms with E-state index in [9.17, 15) is 26.3 Å². The van der Waals surface area contributed by atoms with E-state index in [0.29, 0.717) is 19.3 Å². The highest BCUT2D eigenvalue weighted by Gasteiger charge is 2.39. The van der Waals surface area contributed by atoms with E-state index in [1.54, 1.807) is 0 Å². The van der Waals surface area contributed by atoms with Crippen molar-refractivity contribution in [1.29, 1.82) is 0 Å². The van der Waals surface area contributed by atoms with E-state index in [2.05, 4.69) is 19.4 Å². The van der Waals surface area contributed by atoms with Crippen molar-refractivity contribution in [3.8, 4) is 0 Å². The van der Waals surface area contributed by atoms with Crippen LogP contribution in [0.3, 0.4) is 0 Å². The van der Waals surface area contributed by atoms with Gasteiger partial charge in [-0.25, -0.2) is 14.6 Å². The smallest absolute Gasteiger partial charge is 0.475 e. The second kappa shape index (κ2) is 14.8. The molecule has 4 rings (SSSR count). The van der Waals surface area contributed by atoms with Gasteiger partial charge in [-0.1, -0.05) is 0 Å². The van der Waals surface area contributed by atoms with Gasteiger partial charge in [-0.15, -0.1) is 0 Å².